The van der Waals surface area contributed by atoms with Crippen molar-refractivity contribution >= 4 is 12.1 Å². The van der Waals surface area contributed by atoms with Crippen LogP contribution in [-0.2, 0) is 4.79 Å². The van der Waals surface area contributed by atoms with E-state index in [-0.39, 0.29) is 5.91 Å². The van der Waals surface area contributed by atoms with Crippen molar-refractivity contribution in [3.8, 4) is 0 Å². The monoisotopic (exact) mass is 291 g/mol. The number of carbonyl (C=O) groups excluding carboxylic acids is 1. The molecule has 1 aromatic rings. The van der Waals surface area contributed by atoms with Gasteiger partial charge in [0, 0.05) is 12.6 Å². The first kappa shape index (κ1) is 17.5. The summed E-state index contributed by atoms with van der Waals surface area (Å²) in [5.74, 6) is 0.000696. The number of hydrogen-bond acceptors (Lipinski definition) is 2. The Morgan fingerprint density at radius 1 is 1.14 bits per heavy atom. The van der Waals surface area contributed by atoms with E-state index in [1.807, 2.05) is 18.3 Å². The highest BCUT2D eigenvalue weighted by Crippen LogP contribution is 2.10. The number of amides is 1. The first-order valence-electron chi connectivity index (χ1n) is 8.28. The summed E-state index contributed by atoms with van der Waals surface area (Å²) in [4.78, 5) is 14.5. The summed E-state index contributed by atoms with van der Waals surface area (Å²) in [5.41, 5.74) is 3.44. The molecule has 4 heteroatoms. The summed E-state index contributed by atoms with van der Waals surface area (Å²) in [7, 11) is 0. The minimum Gasteiger partial charge on any atom is -0.360 e. The standard InChI is InChI=1S/C17H29N3O/c1-2-3-4-5-6-7-8-9-10-13-17(21)20-19-15-16-12-11-14-18-16/h11-12,14-15,18H,2-10,13H2,1H3,(H,20,21). The summed E-state index contributed by atoms with van der Waals surface area (Å²) in [6.07, 6.45) is 15.4. The highest BCUT2D eigenvalue weighted by Gasteiger charge is 1.99. The Hall–Kier alpha value is -1.58. The van der Waals surface area contributed by atoms with Crippen molar-refractivity contribution in [1.82, 2.24) is 10.4 Å². The second-order valence-electron chi connectivity index (χ2n) is 5.50. The smallest absolute Gasteiger partial charge is 0.240 e. The van der Waals surface area contributed by atoms with Crippen LogP contribution in [0.1, 0.15) is 76.8 Å². The summed E-state index contributed by atoms with van der Waals surface area (Å²) < 4.78 is 0. The Morgan fingerprint density at radius 2 is 1.81 bits per heavy atom. The minimum absolute atomic E-state index is 0.000696. The molecule has 1 rings (SSSR count). The molecule has 0 aliphatic rings. The maximum absolute atomic E-state index is 11.5. The average Bonchev–Trinajstić information content (AvgIpc) is 2.99. The van der Waals surface area contributed by atoms with E-state index >= 15 is 0 Å². The van der Waals surface area contributed by atoms with Crippen molar-refractivity contribution in [2.24, 2.45) is 5.10 Å². The Labute approximate surface area is 128 Å². The molecule has 2 N–H and O–H groups in total. The van der Waals surface area contributed by atoms with Crippen LogP contribution in [0.2, 0.25) is 0 Å². The van der Waals surface area contributed by atoms with E-state index in [0.717, 1.165) is 18.5 Å². The van der Waals surface area contributed by atoms with Crippen LogP contribution in [0.3, 0.4) is 0 Å². The van der Waals surface area contributed by atoms with E-state index in [1.165, 1.54) is 44.9 Å². The van der Waals surface area contributed by atoms with Crippen LogP contribution in [0.25, 0.3) is 0 Å². The van der Waals surface area contributed by atoms with Gasteiger partial charge < -0.3 is 4.98 Å². The van der Waals surface area contributed by atoms with E-state index in [4.69, 9.17) is 0 Å². The molecule has 0 radical (unpaired) electrons. The maximum Gasteiger partial charge on any atom is 0.240 e. The molecule has 0 saturated carbocycles. The van der Waals surface area contributed by atoms with Crippen LogP contribution in [0.4, 0.5) is 0 Å². The van der Waals surface area contributed by atoms with E-state index < -0.39 is 0 Å². The van der Waals surface area contributed by atoms with Crippen molar-refractivity contribution in [2.45, 2.75) is 71.1 Å². The molecule has 1 aromatic heterocycles. The third kappa shape index (κ3) is 9.88. The van der Waals surface area contributed by atoms with Crippen molar-refractivity contribution in [1.29, 1.82) is 0 Å². The topological polar surface area (TPSA) is 57.2 Å². The SMILES string of the molecule is CCCCCCCCCCCC(=O)NN=Cc1ccc[nH]1. The van der Waals surface area contributed by atoms with Gasteiger partial charge in [-0.2, -0.15) is 5.10 Å². The molecule has 0 aliphatic carbocycles. The van der Waals surface area contributed by atoms with Crippen molar-refractivity contribution in [3.05, 3.63) is 24.0 Å². The van der Waals surface area contributed by atoms with Crippen molar-refractivity contribution in [3.63, 3.8) is 0 Å². The lowest BCUT2D eigenvalue weighted by molar-refractivity contribution is -0.121. The van der Waals surface area contributed by atoms with Gasteiger partial charge in [0.1, 0.15) is 0 Å². The molecule has 1 heterocycles. The number of rotatable bonds is 12. The molecule has 1 amide bonds. The summed E-state index contributed by atoms with van der Waals surface area (Å²) in [5, 5.41) is 3.91. The van der Waals surface area contributed by atoms with Crippen LogP contribution in [-0.4, -0.2) is 17.1 Å². The van der Waals surface area contributed by atoms with Crippen molar-refractivity contribution < 1.29 is 4.79 Å². The number of nitrogens with one attached hydrogen (secondary N) is 2. The van der Waals surface area contributed by atoms with Crippen LogP contribution in [0, 0.1) is 0 Å². The number of unbranched alkanes of at least 4 members (excludes halogenated alkanes) is 8. The van der Waals surface area contributed by atoms with Gasteiger partial charge in [-0.3, -0.25) is 4.79 Å². The number of H-pyrrole nitrogens is 1. The highest BCUT2D eigenvalue weighted by atomic mass is 16.2. The first-order valence-corrected chi connectivity index (χ1v) is 8.28. The predicted octanol–water partition coefficient (Wildman–Crippen LogP) is 4.39. The first-order chi connectivity index (χ1) is 10.3. The van der Waals surface area contributed by atoms with E-state index in [1.54, 1.807) is 6.21 Å². The number of carbonyl (C=O) groups is 1. The minimum atomic E-state index is 0.000696. The zero-order valence-corrected chi connectivity index (χ0v) is 13.2. The summed E-state index contributed by atoms with van der Waals surface area (Å²) in [6.45, 7) is 2.24. The second kappa shape index (κ2) is 12.2. The lowest BCUT2D eigenvalue weighted by atomic mass is 10.1. The van der Waals surface area contributed by atoms with Crippen LogP contribution < -0.4 is 5.43 Å². The highest BCUT2D eigenvalue weighted by molar-refractivity contribution is 5.80. The van der Waals surface area contributed by atoms with Gasteiger partial charge in [-0.1, -0.05) is 58.3 Å². The van der Waals surface area contributed by atoms with Gasteiger partial charge in [-0.15, -0.1) is 0 Å². The summed E-state index contributed by atoms with van der Waals surface area (Å²) in [6, 6.07) is 3.79. The number of nitrogens with zero attached hydrogens (tertiary/aromatic N) is 1. The van der Waals surface area contributed by atoms with Gasteiger partial charge in [0.05, 0.1) is 11.9 Å². The van der Waals surface area contributed by atoms with Gasteiger partial charge >= 0.3 is 0 Å². The fourth-order valence-electron chi connectivity index (χ4n) is 2.25. The quantitative estimate of drug-likeness (QED) is 0.335. The lowest BCUT2D eigenvalue weighted by Crippen LogP contribution is -2.16. The van der Waals surface area contributed by atoms with Crippen LogP contribution in [0.5, 0.6) is 0 Å². The van der Waals surface area contributed by atoms with E-state index in [2.05, 4.69) is 22.4 Å². The van der Waals surface area contributed by atoms with Gasteiger partial charge in [0.2, 0.25) is 5.91 Å². The Kier molecular flexibility index (Phi) is 10.1. The van der Waals surface area contributed by atoms with E-state index in [0.29, 0.717) is 6.42 Å². The number of hydrazone groups is 1. The third-order valence-corrected chi connectivity index (χ3v) is 3.52. The molecular weight excluding hydrogens is 262 g/mol. The molecule has 0 atom stereocenters. The van der Waals surface area contributed by atoms with Gasteiger partial charge in [0.15, 0.2) is 0 Å². The maximum atomic E-state index is 11.5. The fraction of sp³-hybridized carbons (Fsp3) is 0.647. The summed E-state index contributed by atoms with van der Waals surface area (Å²) >= 11 is 0. The molecular formula is C17H29N3O. The van der Waals surface area contributed by atoms with Crippen molar-refractivity contribution in [2.75, 3.05) is 0 Å². The Morgan fingerprint density at radius 3 is 2.43 bits per heavy atom. The predicted molar refractivity (Wildman–Crippen MR) is 88.4 cm³/mol. The van der Waals surface area contributed by atoms with Crippen LogP contribution in [0.15, 0.2) is 23.4 Å². The molecule has 0 unspecified atom stereocenters. The molecule has 4 nitrogen and oxygen atoms in total. The Balaban J connectivity index is 1.89. The van der Waals surface area contributed by atoms with E-state index in [9.17, 15) is 4.79 Å². The zero-order valence-electron chi connectivity index (χ0n) is 13.2. The second-order valence-corrected chi connectivity index (χ2v) is 5.50. The van der Waals surface area contributed by atoms with Crippen LogP contribution >= 0.6 is 0 Å². The fourth-order valence-corrected chi connectivity index (χ4v) is 2.25. The molecule has 21 heavy (non-hydrogen) atoms. The molecule has 0 bridgehead atoms. The molecule has 0 spiro atoms. The zero-order chi connectivity index (χ0) is 15.2. The largest absolute Gasteiger partial charge is 0.360 e. The van der Waals surface area contributed by atoms with Gasteiger partial charge in [-0.25, -0.2) is 5.43 Å². The molecule has 0 aromatic carbocycles. The normalized spacial score (nSPS) is 11.1. The molecule has 118 valence electrons. The number of aromatic nitrogens is 1. The van der Waals surface area contributed by atoms with Gasteiger partial charge in [-0.05, 0) is 18.6 Å². The number of hydrogen-bond donors (Lipinski definition) is 2. The Bertz CT molecular complexity index is 385. The molecule has 0 saturated heterocycles. The van der Waals surface area contributed by atoms with Gasteiger partial charge in [0.25, 0.3) is 0 Å². The lowest BCUT2D eigenvalue weighted by Gasteiger charge is -2.02. The molecule has 0 fully saturated rings. The molecule has 0 aliphatic heterocycles. The number of aromatic amines is 1. The average molecular weight is 291 g/mol. The third-order valence-electron chi connectivity index (χ3n) is 3.52.